The molecule has 0 radical (unpaired) electrons. The first-order chi connectivity index (χ1) is 20.0. The number of H-pyrrole nitrogens is 1. The lowest BCUT2D eigenvalue weighted by molar-refractivity contribution is -0.131. The second-order valence-electron chi connectivity index (χ2n) is 10.7. The third-order valence-electron chi connectivity index (χ3n) is 7.24. The van der Waals surface area contributed by atoms with Gasteiger partial charge in [0.2, 0.25) is 17.7 Å². The van der Waals surface area contributed by atoms with Gasteiger partial charge in [-0.3, -0.25) is 19.2 Å². The minimum atomic E-state index is -1.05. The van der Waals surface area contributed by atoms with Crippen LogP contribution in [0.1, 0.15) is 42.7 Å². The van der Waals surface area contributed by atoms with Gasteiger partial charge in [0, 0.05) is 34.8 Å². The molecule has 4 atom stereocenters. The van der Waals surface area contributed by atoms with E-state index < -0.39 is 35.8 Å². The molecule has 2 aromatic carbocycles. The molecule has 1 saturated heterocycles. The molecule has 0 aliphatic carbocycles. The van der Waals surface area contributed by atoms with Crippen LogP contribution in [0.2, 0.25) is 10.0 Å². The molecule has 12 heteroatoms. The molecule has 1 fully saturated rings. The predicted molar refractivity (Wildman–Crippen MR) is 160 cm³/mol. The predicted octanol–water partition coefficient (Wildman–Crippen LogP) is 3.17. The van der Waals surface area contributed by atoms with Crippen molar-refractivity contribution in [2.75, 3.05) is 6.54 Å². The zero-order valence-corrected chi connectivity index (χ0v) is 24.7. The van der Waals surface area contributed by atoms with Crippen molar-refractivity contribution in [1.82, 2.24) is 26.3 Å². The number of halogens is 2. The average Bonchev–Trinajstić information content (AvgIpc) is 3.57. The Kier molecular flexibility index (Phi) is 10.2. The molecule has 1 aliphatic heterocycles. The Hall–Kier alpha value is -3.89. The highest BCUT2D eigenvalue weighted by atomic mass is 35.5. The number of benzene rings is 2. The second-order valence-corrected chi connectivity index (χ2v) is 11.6. The van der Waals surface area contributed by atoms with Crippen LogP contribution in [0, 0.1) is 11.8 Å². The lowest BCUT2D eigenvalue weighted by Gasteiger charge is -2.26. The van der Waals surface area contributed by atoms with E-state index in [9.17, 15) is 24.0 Å². The lowest BCUT2D eigenvalue weighted by atomic mass is 9.98. The van der Waals surface area contributed by atoms with Gasteiger partial charge in [0.05, 0.1) is 11.1 Å². The van der Waals surface area contributed by atoms with E-state index in [1.807, 2.05) is 30.3 Å². The summed E-state index contributed by atoms with van der Waals surface area (Å²) in [6.45, 7) is 4.07. The van der Waals surface area contributed by atoms with E-state index in [2.05, 4.69) is 26.3 Å². The highest BCUT2D eigenvalue weighted by Gasteiger charge is 2.32. The molecule has 0 bridgehead atoms. The lowest BCUT2D eigenvalue weighted by Crippen LogP contribution is -2.57. The van der Waals surface area contributed by atoms with Gasteiger partial charge in [-0.2, -0.15) is 0 Å². The summed E-state index contributed by atoms with van der Waals surface area (Å²) in [5.74, 6) is -2.53. The smallest absolute Gasteiger partial charge is 0.268 e. The summed E-state index contributed by atoms with van der Waals surface area (Å²) >= 11 is 12.3. The molecule has 0 saturated carbocycles. The molecule has 4 rings (SSSR count). The molecule has 4 amide bonds. The number of carbonyl (C=O) groups is 5. The van der Waals surface area contributed by atoms with Crippen molar-refractivity contribution in [1.29, 1.82) is 0 Å². The highest BCUT2D eigenvalue weighted by molar-refractivity contribution is 6.38. The van der Waals surface area contributed by atoms with Gasteiger partial charge in [-0.1, -0.05) is 67.4 Å². The number of aromatic amines is 1. The van der Waals surface area contributed by atoms with Crippen LogP contribution >= 0.6 is 23.2 Å². The Morgan fingerprint density at radius 2 is 1.76 bits per heavy atom. The Morgan fingerprint density at radius 3 is 2.40 bits per heavy atom. The van der Waals surface area contributed by atoms with Crippen LogP contribution in [0.5, 0.6) is 0 Å². The van der Waals surface area contributed by atoms with Crippen LogP contribution in [0.25, 0.3) is 10.9 Å². The first-order valence-electron chi connectivity index (χ1n) is 13.7. The summed E-state index contributed by atoms with van der Waals surface area (Å²) in [5.41, 5.74) is 1.55. The van der Waals surface area contributed by atoms with Crippen LogP contribution < -0.4 is 21.3 Å². The van der Waals surface area contributed by atoms with Crippen molar-refractivity contribution in [2.24, 2.45) is 11.8 Å². The Labute approximate surface area is 253 Å². The molecule has 2 heterocycles. The van der Waals surface area contributed by atoms with Crippen LogP contribution in [-0.2, 0) is 25.6 Å². The van der Waals surface area contributed by atoms with Gasteiger partial charge < -0.3 is 31.0 Å². The van der Waals surface area contributed by atoms with E-state index in [1.54, 1.807) is 32.0 Å². The third kappa shape index (κ3) is 7.68. The molecular weight excluding hydrogens is 581 g/mol. The monoisotopic (exact) mass is 613 g/mol. The van der Waals surface area contributed by atoms with Crippen molar-refractivity contribution < 1.29 is 24.0 Å². The zero-order chi connectivity index (χ0) is 30.4. The fourth-order valence-corrected chi connectivity index (χ4v) is 5.51. The minimum absolute atomic E-state index is 0.147. The maximum Gasteiger partial charge on any atom is 0.268 e. The molecule has 42 heavy (non-hydrogen) atoms. The van der Waals surface area contributed by atoms with Crippen molar-refractivity contribution in [3.8, 4) is 0 Å². The van der Waals surface area contributed by atoms with Gasteiger partial charge >= 0.3 is 0 Å². The summed E-state index contributed by atoms with van der Waals surface area (Å²) < 4.78 is 0. The van der Waals surface area contributed by atoms with Crippen molar-refractivity contribution in [2.45, 2.75) is 51.2 Å². The summed E-state index contributed by atoms with van der Waals surface area (Å²) in [6.07, 6.45) is 1.49. The van der Waals surface area contributed by atoms with Crippen LogP contribution in [-0.4, -0.2) is 59.6 Å². The van der Waals surface area contributed by atoms with Gasteiger partial charge in [-0.05, 0) is 42.5 Å². The normalized spacial score (nSPS) is 16.9. The fourth-order valence-electron chi connectivity index (χ4n) is 4.97. The number of amides is 4. The van der Waals surface area contributed by atoms with Gasteiger partial charge in [-0.25, -0.2) is 0 Å². The topological polar surface area (TPSA) is 149 Å². The summed E-state index contributed by atoms with van der Waals surface area (Å²) in [5, 5.41) is 12.3. The summed E-state index contributed by atoms with van der Waals surface area (Å²) in [7, 11) is 0. The molecule has 1 unspecified atom stereocenters. The quantitative estimate of drug-likeness (QED) is 0.199. The number of rotatable bonds is 12. The van der Waals surface area contributed by atoms with Crippen molar-refractivity contribution >= 4 is 64.0 Å². The van der Waals surface area contributed by atoms with E-state index >= 15 is 0 Å². The van der Waals surface area contributed by atoms with Crippen molar-refractivity contribution in [3.63, 3.8) is 0 Å². The number of nitrogens with one attached hydrogen (secondary N) is 5. The largest absolute Gasteiger partial charge is 0.356 e. The fraction of sp³-hybridized carbons (Fsp3) is 0.367. The Balaban J connectivity index is 1.49. The number of carbonyl (C=O) groups excluding carboxylic acids is 5. The average molecular weight is 615 g/mol. The highest BCUT2D eigenvalue weighted by Crippen LogP contribution is 2.28. The molecular formula is C30H33Cl2N5O5. The first kappa shape index (κ1) is 31.1. The van der Waals surface area contributed by atoms with Gasteiger partial charge in [-0.15, -0.1) is 0 Å². The molecule has 5 N–H and O–H groups in total. The standard InChI is InChI=1S/C30H33Cl2N5O5/c1-16(2)26(37-29(41)25-14-21-22(32)12-19(31)13-23(21)35-25)30(42)36-24(10-17-6-4-3-5-7-17)28(40)34-20(15-38)11-18-8-9-33-27(18)39/h3-7,12-16,18,20,24,26,35H,8-11H2,1-2H3,(H,33,39)(H,34,40)(H,36,42)(H,37,41)/t18-,20-,24-,26?/m0/s1. The molecule has 1 aromatic heterocycles. The third-order valence-corrected chi connectivity index (χ3v) is 7.77. The maximum atomic E-state index is 13.5. The summed E-state index contributed by atoms with van der Waals surface area (Å²) in [6, 6.07) is 11.0. The number of fused-ring (bicyclic) bond motifs is 1. The van der Waals surface area contributed by atoms with E-state index in [-0.39, 0.29) is 36.3 Å². The van der Waals surface area contributed by atoms with Crippen LogP contribution in [0.3, 0.4) is 0 Å². The second kappa shape index (κ2) is 13.8. The Morgan fingerprint density at radius 1 is 1.02 bits per heavy atom. The summed E-state index contributed by atoms with van der Waals surface area (Å²) in [4.78, 5) is 66.9. The number of hydrogen-bond donors (Lipinski definition) is 5. The van der Waals surface area contributed by atoms with Gasteiger partial charge in [0.1, 0.15) is 24.1 Å². The number of hydrogen-bond acceptors (Lipinski definition) is 5. The van der Waals surface area contributed by atoms with Crippen molar-refractivity contribution in [3.05, 3.63) is 69.8 Å². The zero-order valence-electron chi connectivity index (χ0n) is 23.2. The molecule has 0 spiro atoms. The SMILES string of the molecule is CC(C)C(NC(=O)c1cc2c(Cl)cc(Cl)cc2[nH]1)C(=O)N[C@@H](Cc1ccccc1)C(=O)N[C@H](C=O)C[C@@H]1CCNC1=O. The molecule has 10 nitrogen and oxygen atoms in total. The number of aromatic nitrogens is 1. The van der Waals surface area contributed by atoms with E-state index in [0.29, 0.717) is 40.2 Å². The molecule has 222 valence electrons. The molecule has 3 aromatic rings. The van der Waals surface area contributed by atoms with E-state index in [4.69, 9.17) is 23.2 Å². The van der Waals surface area contributed by atoms with E-state index in [0.717, 1.165) is 5.56 Å². The minimum Gasteiger partial charge on any atom is -0.356 e. The first-order valence-corrected chi connectivity index (χ1v) is 14.5. The van der Waals surface area contributed by atoms with Gasteiger partial charge in [0.25, 0.3) is 5.91 Å². The Bertz CT molecular complexity index is 1480. The van der Waals surface area contributed by atoms with Gasteiger partial charge in [0.15, 0.2) is 0 Å². The maximum absolute atomic E-state index is 13.5. The van der Waals surface area contributed by atoms with Crippen LogP contribution in [0.15, 0.2) is 48.5 Å². The van der Waals surface area contributed by atoms with E-state index in [1.165, 1.54) is 0 Å². The molecule has 1 aliphatic rings. The van der Waals surface area contributed by atoms with Crippen LogP contribution in [0.4, 0.5) is 0 Å². The number of aldehydes is 1.